The van der Waals surface area contributed by atoms with Crippen LogP contribution in [0, 0.1) is 0 Å². The van der Waals surface area contributed by atoms with Crippen molar-refractivity contribution in [2.24, 2.45) is 0 Å². The molecule has 0 unspecified atom stereocenters. The normalized spacial score (nSPS) is 11.8. The number of hydrogen-bond donors (Lipinski definition) is 2. The molecule has 1 rings (SSSR count). The van der Waals surface area contributed by atoms with Crippen LogP contribution in [0.15, 0.2) is 23.2 Å². The Balaban J connectivity index is 2.77. The molecular formula is C12H22N4O2S. The predicted octanol–water partition coefficient (Wildman–Crippen LogP) is 0.743. The van der Waals surface area contributed by atoms with E-state index in [1.54, 1.807) is 18.3 Å². The molecule has 0 radical (unpaired) electrons. The standard InChI is InChI=1S/C12H22N4O2S/c1-4-13-12-11(7-6-8-14-12)19(17,18)15-9-10-16(3)5-2/h6-8,15H,4-5,9-10H2,1-3H3,(H,13,14). The van der Waals surface area contributed by atoms with Gasteiger partial charge in [-0.15, -0.1) is 0 Å². The quantitative estimate of drug-likeness (QED) is 0.737. The van der Waals surface area contributed by atoms with E-state index in [2.05, 4.69) is 15.0 Å². The van der Waals surface area contributed by atoms with E-state index in [1.807, 2.05) is 25.8 Å². The third-order valence-corrected chi connectivity index (χ3v) is 4.22. The third kappa shape index (κ3) is 4.77. The van der Waals surface area contributed by atoms with Crippen LogP contribution in [0.25, 0.3) is 0 Å². The smallest absolute Gasteiger partial charge is 0.244 e. The number of nitrogens with zero attached hydrogens (tertiary/aromatic N) is 2. The summed E-state index contributed by atoms with van der Waals surface area (Å²) in [6.07, 6.45) is 1.57. The molecule has 0 aliphatic heterocycles. The lowest BCUT2D eigenvalue weighted by atomic mass is 10.4. The molecule has 1 aromatic rings. The Morgan fingerprint density at radius 2 is 2.11 bits per heavy atom. The van der Waals surface area contributed by atoms with Crippen molar-refractivity contribution in [1.29, 1.82) is 0 Å². The minimum Gasteiger partial charge on any atom is -0.369 e. The number of rotatable bonds is 8. The number of pyridine rings is 1. The Morgan fingerprint density at radius 1 is 1.37 bits per heavy atom. The van der Waals surface area contributed by atoms with Crippen molar-refractivity contribution in [3.63, 3.8) is 0 Å². The van der Waals surface area contributed by atoms with Gasteiger partial charge >= 0.3 is 0 Å². The Hall–Kier alpha value is -1.18. The average Bonchev–Trinajstić information content (AvgIpc) is 2.39. The van der Waals surface area contributed by atoms with E-state index in [1.165, 1.54) is 0 Å². The fourth-order valence-electron chi connectivity index (χ4n) is 1.51. The maximum absolute atomic E-state index is 12.2. The van der Waals surface area contributed by atoms with Crippen molar-refractivity contribution < 1.29 is 8.42 Å². The molecule has 0 atom stereocenters. The lowest BCUT2D eigenvalue weighted by Gasteiger charge is -2.15. The summed E-state index contributed by atoms with van der Waals surface area (Å²) >= 11 is 0. The summed E-state index contributed by atoms with van der Waals surface area (Å²) in [5.41, 5.74) is 0. The number of aromatic nitrogens is 1. The monoisotopic (exact) mass is 286 g/mol. The average molecular weight is 286 g/mol. The first-order valence-corrected chi connectivity index (χ1v) is 7.86. The van der Waals surface area contributed by atoms with Crippen LogP contribution in [0.4, 0.5) is 5.82 Å². The maximum Gasteiger partial charge on any atom is 0.244 e. The number of hydrogen-bond acceptors (Lipinski definition) is 5. The number of likely N-dealkylation sites (N-methyl/N-ethyl adjacent to an activating group) is 1. The Bertz CT molecular complexity index is 490. The van der Waals surface area contributed by atoms with E-state index >= 15 is 0 Å². The fourth-order valence-corrected chi connectivity index (χ4v) is 2.67. The van der Waals surface area contributed by atoms with Crippen LogP contribution in [-0.4, -0.2) is 51.5 Å². The number of sulfonamides is 1. The number of nitrogens with one attached hydrogen (secondary N) is 2. The predicted molar refractivity (Wildman–Crippen MR) is 76.8 cm³/mol. The maximum atomic E-state index is 12.2. The molecule has 108 valence electrons. The van der Waals surface area contributed by atoms with Crippen molar-refractivity contribution in [2.75, 3.05) is 38.5 Å². The van der Waals surface area contributed by atoms with Crippen LogP contribution >= 0.6 is 0 Å². The molecule has 0 saturated heterocycles. The molecule has 19 heavy (non-hydrogen) atoms. The van der Waals surface area contributed by atoms with Crippen LogP contribution < -0.4 is 10.0 Å². The summed E-state index contributed by atoms with van der Waals surface area (Å²) in [5, 5.41) is 2.95. The minimum absolute atomic E-state index is 0.191. The fraction of sp³-hybridized carbons (Fsp3) is 0.583. The molecular weight excluding hydrogens is 264 g/mol. The van der Waals surface area contributed by atoms with Gasteiger partial charge in [0.15, 0.2) is 0 Å². The molecule has 0 aromatic carbocycles. The molecule has 0 fully saturated rings. The van der Waals surface area contributed by atoms with Crippen molar-refractivity contribution in [3.8, 4) is 0 Å². The molecule has 0 spiro atoms. The SMILES string of the molecule is CCNc1ncccc1S(=O)(=O)NCCN(C)CC. The van der Waals surface area contributed by atoms with Crippen LogP contribution in [0.1, 0.15) is 13.8 Å². The highest BCUT2D eigenvalue weighted by atomic mass is 32.2. The molecule has 0 aliphatic carbocycles. The molecule has 0 amide bonds. The van der Waals surface area contributed by atoms with Crippen molar-refractivity contribution >= 4 is 15.8 Å². The van der Waals surface area contributed by atoms with Gasteiger partial charge in [-0.05, 0) is 32.6 Å². The highest BCUT2D eigenvalue weighted by Crippen LogP contribution is 2.17. The Kier molecular flexibility index (Phi) is 6.20. The van der Waals surface area contributed by atoms with Crippen LogP contribution in [0.5, 0.6) is 0 Å². The zero-order chi connectivity index (χ0) is 14.3. The summed E-state index contributed by atoms with van der Waals surface area (Å²) in [7, 11) is -1.57. The van der Waals surface area contributed by atoms with Gasteiger partial charge in [0.25, 0.3) is 0 Å². The van der Waals surface area contributed by atoms with Crippen molar-refractivity contribution in [3.05, 3.63) is 18.3 Å². The van der Waals surface area contributed by atoms with Gasteiger partial charge in [0.05, 0.1) is 0 Å². The molecule has 0 saturated carbocycles. The van der Waals surface area contributed by atoms with E-state index in [0.717, 1.165) is 6.54 Å². The van der Waals surface area contributed by atoms with Crippen LogP contribution in [0.2, 0.25) is 0 Å². The van der Waals surface area contributed by atoms with Gasteiger partial charge in [-0.3, -0.25) is 0 Å². The zero-order valence-corrected chi connectivity index (χ0v) is 12.5. The second-order valence-corrected chi connectivity index (χ2v) is 5.91. The molecule has 0 bridgehead atoms. The van der Waals surface area contributed by atoms with Crippen molar-refractivity contribution in [2.45, 2.75) is 18.7 Å². The van der Waals surface area contributed by atoms with Gasteiger partial charge in [-0.25, -0.2) is 18.1 Å². The summed E-state index contributed by atoms with van der Waals surface area (Å²) in [6.45, 7) is 6.49. The van der Waals surface area contributed by atoms with Gasteiger partial charge in [-0.1, -0.05) is 6.92 Å². The Morgan fingerprint density at radius 3 is 2.74 bits per heavy atom. The van der Waals surface area contributed by atoms with Crippen molar-refractivity contribution in [1.82, 2.24) is 14.6 Å². The topological polar surface area (TPSA) is 74.3 Å². The Labute approximate surface area is 115 Å². The third-order valence-electron chi connectivity index (χ3n) is 2.73. The minimum atomic E-state index is -3.52. The van der Waals surface area contributed by atoms with Gasteiger partial charge in [0.1, 0.15) is 10.7 Å². The van der Waals surface area contributed by atoms with E-state index in [9.17, 15) is 8.42 Å². The lowest BCUT2D eigenvalue weighted by molar-refractivity contribution is 0.358. The molecule has 2 N–H and O–H groups in total. The lowest BCUT2D eigenvalue weighted by Crippen LogP contribution is -2.33. The van der Waals surface area contributed by atoms with E-state index in [-0.39, 0.29) is 4.90 Å². The first-order valence-electron chi connectivity index (χ1n) is 6.38. The first kappa shape index (κ1) is 15.9. The molecule has 7 heteroatoms. The second-order valence-electron chi connectivity index (χ2n) is 4.17. The highest BCUT2D eigenvalue weighted by molar-refractivity contribution is 7.89. The van der Waals surface area contributed by atoms with Crippen LogP contribution in [0.3, 0.4) is 0 Å². The van der Waals surface area contributed by atoms with E-state index in [0.29, 0.717) is 25.5 Å². The highest BCUT2D eigenvalue weighted by Gasteiger charge is 2.18. The summed E-state index contributed by atoms with van der Waals surface area (Å²) < 4.78 is 27.0. The number of anilines is 1. The summed E-state index contributed by atoms with van der Waals surface area (Å²) in [4.78, 5) is 6.28. The molecule has 0 aliphatic rings. The zero-order valence-electron chi connectivity index (χ0n) is 11.7. The van der Waals surface area contributed by atoms with Gasteiger partial charge in [0, 0.05) is 25.8 Å². The largest absolute Gasteiger partial charge is 0.369 e. The summed E-state index contributed by atoms with van der Waals surface area (Å²) in [6, 6.07) is 3.17. The van der Waals surface area contributed by atoms with Gasteiger partial charge < -0.3 is 10.2 Å². The van der Waals surface area contributed by atoms with Crippen LogP contribution in [-0.2, 0) is 10.0 Å². The molecule has 1 aromatic heterocycles. The van der Waals surface area contributed by atoms with E-state index < -0.39 is 10.0 Å². The first-order chi connectivity index (χ1) is 9.01. The molecule has 6 nitrogen and oxygen atoms in total. The van der Waals surface area contributed by atoms with Gasteiger partial charge in [0.2, 0.25) is 10.0 Å². The summed E-state index contributed by atoms with van der Waals surface area (Å²) in [5.74, 6) is 0.390. The van der Waals surface area contributed by atoms with E-state index in [4.69, 9.17) is 0 Å². The second kappa shape index (κ2) is 7.42. The van der Waals surface area contributed by atoms with Gasteiger partial charge in [-0.2, -0.15) is 0 Å². The molecule has 1 heterocycles.